The number of hydrogen-bond acceptors (Lipinski definition) is 5. The van der Waals surface area contributed by atoms with Crippen LogP contribution in [-0.2, 0) is 13.0 Å². The van der Waals surface area contributed by atoms with Crippen molar-refractivity contribution < 1.29 is 0 Å². The lowest BCUT2D eigenvalue weighted by Crippen LogP contribution is -2.38. The Morgan fingerprint density at radius 2 is 2.04 bits per heavy atom. The van der Waals surface area contributed by atoms with Crippen molar-refractivity contribution in [3.8, 4) is 0 Å². The molecular formula is C19H23N5. The molecule has 0 radical (unpaired) electrons. The zero-order valence-electron chi connectivity index (χ0n) is 13.9. The van der Waals surface area contributed by atoms with E-state index >= 15 is 0 Å². The van der Waals surface area contributed by atoms with Crippen molar-refractivity contribution in [3.63, 3.8) is 0 Å². The molecule has 2 atom stereocenters. The Bertz CT molecular complexity index is 726. The van der Waals surface area contributed by atoms with Crippen LogP contribution in [0.1, 0.15) is 48.5 Å². The maximum Gasteiger partial charge on any atom is 0.225 e. The van der Waals surface area contributed by atoms with Crippen LogP contribution in [0.3, 0.4) is 0 Å². The van der Waals surface area contributed by atoms with Crippen LogP contribution >= 0.6 is 0 Å². The summed E-state index contributed by atoms with van der Waals surface area (Å²) in [5.41, 5.74) is 3.95. The van der Waals surface area contributed by atoms with E-state index in [0.29, 0.717) is 12.1 Å². The molecule has 24 heavy (non-hydrogen) atoms. The molecule has 3 aliphatic heterocycles. The number of fused-ring (bicyclic) bond motifs is 4. The summed E-state index contributed by atoms with van der Waals surface area (Å²) >= 11 is 0. The second-order valence-electron chi connectivity index (χ2n) is 7.25. The summed E-state index contributed by atoms with van der Waals surface area (Å²) in [7, 11) is 0. The van der Waals surface area contributed by atoms with Gasteiger partial charge in [0.15, 0.2) is 0 Å². The third kappa shape index (κ3) is 2.38. The van der Waals surface area contributed by atoms with E-state index in [2.05, 4.69) is 27.0 Å². The maximum absolute atomic E-state index is 4.95. The minimum absolute atomic E-state index is 0.478. The minimum atomic E-state index is 0.478. The molecule has 3 aliphatic rings. The van der Waals surface area contributed by atoms with Crippen LogP contribution in [0.5, 0.6) is 0 Å². The molecule has 124 valence electrons. The summed E-state index contributed by atoms with van der Waals surface area (Å²) in [4.78, 5) is 18.9. The second-order valence-corrected chi connectivity index (χ2v) is 7.25. The zero-order chi connectivity index (χ0) is 15.9. The molecule has 5 nitrogen and oxygen atoms in total. The smallest absolute Gasteiger partial charge is 0.225 e. The number of pyridine rings is 1. The third-order valence-corrected chi connectivity index (χ3v) is 5.79. The quantitative estimate of drug-likeness (QED) is 0.870. The summed E-state index contributed by atoms with van der Waals surface area (Å²) < 4.78 is 0. The molecule has 0 amide bonds. The molecule has 0 aromatic carbocycles. The highest BCUT2D eigenvalue weighted by Crippen LogP contribution is 2.44. The van der Waals surface area contributed by atoms with Crippen molar-refractivity contribution in [1.82, 2.24) is 19.9 Å². The standard InChI is InChI=1S/C19H23N5/c1-2-9-23(8-1)19-21-12-16-17(22-19)10-15-5-6-18(16)24(15)13-14-4-3-7-20-11-14/h3-4,7,11-12,15,18H,1-2,5-6,8-10,13H2. The minimum Gasteiger partial charge on any atom is -0.341 e. The lowest BCUT2D eigenvalue weighted by atomic mass is 9.98. The van der Waals surface area contributed by atoms with Gasteiger partial charge in [-0.25, -0.2) is 9.97 Å². The Morgan fingerprint density at radius 1 is 1.12 bits per heavy atom. The molecule has 0 spiro atoms. The molecule has 0 N–H and O–H groups in total. The molecule has 5 heteroatoms. The molecule has 5 rings (SSSR count). The van der Waals surface area contributed by atoms with Crippen LogP contribution in [0, 0.1) is 0 Å². The molecule has 2 saturated heterocycles. The van der Waals surface area contributed by atoms with Gasteiger partial charge in [-0.05, 0) is 37.3 Å². The summed E-state index contributed by atoms with van der Waals surface area (Å²) in [6, 6.07) is 5.30. The fourth-order valence-electron chi connectivity index (χ4n) is 4.58. The first kappa shape index (κ1) is 14.3. The van der Waals surface area contributed by atoms with Gasteiger partial charge in [0.2, 0.25) is 5.95 Å². The van der Waals surface area contributed by atoms with Crippen LogP contribution in [0.15, 0.2) is 30.7 Å². The van der Waals surface area contributed by atoms with Crippen molar-refractivity contribution in [3.05, 3.63) is 47.5 Å². The van der Waals surface area contributed by atoms with E-state index in [1.54, 1.807) is 0 Å². The van der Waals surface area contributed by atoms with Crippen LogP contribution in [0.25, 0.3) is 0 Å². The van der Waals surface area contributed by atoms with Crippen molar-refractivity contribution in [2.45, 2.75) is 50.7 Å². The largest absolute Gasteiger partial charge is 0.341 e. The normalized spacial score (nSPS) is 25.9. The highest BCUT2D eigenvalue weighted by molar-refractivity contribution is 5.38. The van der Waals surface area contributed by atoms with E-state index in [4.69, 9.17) is 9.97 Å². The molecule has 2 unspecified atom stereocenters. The highest BCUT2D eigenvalue weighted by atomic mass is 15.3. The third-order valence-electron chi connectivity index (χ3n) is 5.79. The molecule has 2 aromatic rings. The van der Waals surface area contributed by atoms with Crippen molar-refractivity contribution in [1.29, 1.82) is 0 Å². The van der Waals surface area contributed by atoms with E-state index in [9.17, 15) is 0 Å². The number of nitrogens with zero attached hydrogens (tertiary/aromatic N) is 5. The zero-order valence-corrected chi connectivity index (χ0v) is 13.9. The SMILES string of the molecule is c1cncc(CN2C3CCC2c2cnc(N4CCCC4)nc2C3)c1. The van der Waals surface area contributed by atoms with Crippen molar-refractivity contribution in [2.75, 3.05) is 18.0 Å². The molecule has 5 heterocycles. The Balaban J connectivity index is 1.42. The molecular weight excluding hydrogens is 298 g/mol. The van der Waals surface area contributed by atoms with Gasteiger partial charge in [0.25, 0.3) is 0 Å². The number of aromatic nitrogens is 3. The van der Waals surface area contributed by atoms with E-state index in [-0.39, 0.29) is 0 Å². The van der Waals surface area contributed by atoms with Gasteiger partial charge in [-0.1, -0.05) is 6.07 Å². The van der Waals surface area contributed by atoms with Gasteiger partial charge < -0.3 is 4.90 Å². The number of hydrogen-bond donors (Lipinski definition) is 0. The average Bonchev–Trinajstić information content (AvgIpc) is 3.24. The van der Waals surface area contributed by atoms with Gasteiger partial charge in [0, 0.05) is 62.3 Å². The lowest BCUT2D eigenvalue weighted by molar-refractivity contribution is 0.166. The van der Waals surface area contributed by atoms with Gasteiger partial charge >= 0.3 is 0 Å². The van der Waals surface area contributed by atoms with Gasteiger partial charge in [-0.15, -0.1) is 0 Å². The Kier molecular flexibility index (Phi) is 3.47. The fraction of sp³-hybridized carbons (Fsp3) is 0.526. The van der Waals surface area contributed by atoms with Crippen LogP contribution < -0.4 is 4.90 Å². The summed E-state index contributed by atoms with van der Waals surface area (Å²) in [5.74, 6) is 0.950. The van der Waals surface area contributed by atoms with Crippen LogP contribution in [0.2, 0.25) is 0 Å². The first-order chi connectivity index (χ1) is 11.9. The number of anilines is 1. The van der Waals surface area contributed by atoms with Gasteiger partial charge in [0.1, 0.15) is 0 Å². The van der Waals surface area contributed by atoms with Gasteiger partial charge in [0.05, 0.1) is 5.69 Å². The summed E-state index contributed by atoms with van der Waals surface area (Å²) in [6.07, 6.45) is 12.0. The molecule has 0 aliphatic carbocycles. The Morgan fingerprint density at radius 3 is 2.88 bits per heavy atom. The molecule has 2 bridgehead atoms. The Labute approximate surface area is 142 Å². The van der Waals surface area contributed by atoms with Crippen molar-refractivity contribution >= 4 is 5.95 Å². The first-order valence-electron chi connectivity index (χ1n) is 9.14. The lowest BCUT2D eigenvalue weighted by Gasteiger charge is -2.35. The Hall–Kier alpha value is -2.01. The van der Waals surface area contributed by atoms with E-state index in [1.165, 1.54) is 42.5 Å². The van der Waals surface area contributed by atoms with E-state index < -0.39 is 0 Å². The van der Waals surface area contributed by atoms with Crippen molar-refractivity contribution in [2.24, 2.45) is 0 Å². The number of rotatable bonds is 3. The second kappa shape index (κ2) is 5.81. The fourth-order valence-corrected chi connectivity index (χ4v) is 4.58. The predicted molar refractivity (Wildman–Crippen MR) is 92.7 cm³/mol. The maximum atomic E-state index is 4.95. The predicted octanol–water partition coefficient (Wildman–Crippen LogP) is 2.73. The molecule has 0 saturated carbocycles. The van der Waals surface area contributed by atoms with E-state index in [0.717, 1.165) is 32.0 Å². The first-order valence-corrected chi connectivity index (χ1v) is 9.14. The van der Waals surface area contributed by atoms with E-state index in [1.807, 2.05) is 18.5 Å². The average molecular weight is 321 g/mol. The monoisotopic (exact) mass is 321 g/mol. The van der Waals surface area contributed by atoms with Gasteiger partial charge in [-0.3, -0.25) is 9.88 Å². The van der Waals surface area contributed by atoms with Gasteiger partial charge in [-0.2, -0.15) is 0 Å². The highest BCUT2D eigenvalue weighted by Gasteiger charge is 2.40. The van der Waals surface area contributed by atoms with Crippen LogP contribution in [0.4, 0.5) is 5.95 Å². The summed E-state index contributed by atoms with van der Waals surface area (Å²) in [6.45, 7) is 3.20. The molecule has 2 aromatic heterocycles. The summed E-state index contributed by atoms with van der Waals surface area (Å²) in [5, 5.41) is 0. The molecule has 2 fully saturated rings. The topological polar surface area (TPSA) is 45.2 Å². The van der Waals surface area contributed by atoms with Crippen LogP contribution in [-0.4, -0.2) is 39.0 Å².